The zero-order valence-corrected chi connectivity index (χ0v) is 9.31. The smallest absolute Gasteiger partial charge is 0.333 e. The first-order valence-electron chi connectivity index (χ1n) is 4.55. The number of ether oxygens (including phenoxy) is 1. The van der Waals surface area contributed by atoms with E-state index in [-0.39, 0.29) is 6.61 Å². The molecule has 1 aromatic rings. The highest BCUT2D eigenvalue weighted by atomic mass is 16.5. The van der Waals surface area contributed by atoms with Gasteiger partial charge in [-0.1, -0.05) is 0 Å². The lowest BCUT2D eigenvalue weighted by Gasteiger charge is -2.24. The van der Waals surface area contributed by atoms with Crippen LogP contribution in [-0.2, 0) is 15.1 Å². The molecule has 1 atom stereocenters. The Morgan fingerprint density at radius 1 is 1.60 bits per heavy atom. The summed E-state index contributed by atoms with van der Waals surface area (Å²) in [6.45, 7) is 5.04. The first-order chi connectivity index (χ1) is 6.91. The molecule has 1 unspecified atom stereocenters. The van der Waals surface area contributed by atoms with Crippen LogP contribution >= 0.6 is 0 Å². The molecule has 0 radical (unpaired) electrons. The quantitative estimate of drug-likeness (QED) is 0.780. The van der Waals surface area contributed by atoms with Crippen LogP contribution in [0.2, 0.25) is 0 Å². The molecular weight excluding hydrogens is 198 g/mol. The van der Waals surface area contributed by atoms with Crippen molar-refractivity contribution in [2.45, 2.75) is 26.3 Å². The van der Waals surface area contributed by atoms with Gasteiger partial charge in [-0.25, -0.2) is 14.5 Å². The highest BCUT2D eigenvalue weighted by Crippen LogP contribution is 2.17. The number of hydrogen-bond donors (Lipinski definition) is 1. The predicted octanol–water partition coefficient (Wildman–Crippen LogP) is 0.341. The summed E-state index contributed by atoms with van der Waals surface area (Å²) in [5.41, 5.74) is -1.21. The third kappa shape index (κ3) is 1.99. The van der Waals surface area contributed by atoms with E-state index in [0.29, 0.717) is 11.6 Å². The standard InChI is InChI=1S/C9H15N3O3/c1-6-10-7(2)12(11-6)9(3,5-15-4)8(13)14/h5H2,1-4H3,(H,13,14). The maximum absolute atomic E-state index is 11.2. The van der Waals surface area contributed by atoms with Gasteiger partial charge in [0.1, 0.15) is 11.6 Å². The topological polar surface area (TPSA) is 77.2 Å². The van der Waals surface area contributed by atoms with Crippen LogP contribution < -0.4 is 0 Å². The lowest BCUT2D eigenvalue weighted by Crippen LogP contribution is -2.44. The molecule has 0 aliphatic rings. The van der Waals surface area contributed by atoms with Gasteiger partial charge in [-0.05, 0) is 20.8 Å². The molecular formula is C9H15N3O3. The Kier molecular flexibility index (Phi) is 3.09. The largest absolute Gasteiger partial charge is 0.479 e. The molecule has 0 fully saturated rings. The summed E-state index contributed by atoms with van der Waals surface area (Å²) >= 11 is 0. The number of hydrogen-bond acceptors (Lipinski definition) is 4. The summed E-state index contributed by atoms with van der Waals surface area (Å²) in [6.07, 6.45) is 0. The molecule has 84 valence electrons. The van der Waals surface area contributed by atoms with Gasteiger partial charge in [-0.15, -0.1) is 0 Å². The Bertz CT molecular complexity index is 375. The van der Waals surface area contributed by atoms with E-state index in [1.54, 1.807) is 20.8 Å². The summed E-state index contributed by atoms with van der Waals surface area (Å²) < 4.78 is 6.30. The van der Waals surface area contributed by atoms with Crippen molar-refractivity contribution in [2.24, 2.45) is 0 Å². The minimum atomic E-state index is -1.21. The van der Waals surface area contributed by atoms with E-state index in [0.717, 1.165) is 0 Å². The molecule has 0 amide bonds. The lowest BCUT2D eigenvalue weighted by molar-refractivity contribution is -0.150. The molecule has 1 N–H and O–H groups in total. The van der Waals surface area contributed by atoms with E-state index in [1.807, 2.05) is 0 Å². The Morgan fingerprint density at radius 2 is 2.20 bits per heavy atom. The minimum absolute atomic E-state index is 0.0476. The number of aromatic nitrogens is 3. The molecule has 6 heteroatoms. The third-order valence-electron chi connectivity index (χ3n) is 2.23. The van der Waals surface area contributed by atoms with E-state index in [1.165, 1.54) is 11.8 Å². The van der Waals surface area contributed by atoms with Crippen molar-refractivity contribution < 1.29 is 14.6 Å². The van der Waals surface area contributed by atoms with Crippen LogP contribution in [0.15, 0.2) is 0 Å². The number of aryl methyl sites for hydroxylation is 2. The van der Waals surface area contributed by atoms with Gasteiger partial charge in [0.05, 0.1) is 6.61 Å². The fraction of sp³-hybridized carbons (Fsp3) is 0.667. The molecule has 0 aliphatic heterocycles. The first kappa shape index (κ1) is 11.6. The van der Waals surface area contributed by atoms with Gasteiger partial charge in [0.25, 0.3) is 0 Å². The van der Waals surface area contributed by atoms with Crippen LogP contribution in [0.5, 0.6) is 0 Å². The normalized spacial score (nSPS) is 14.9. The van der Waals surface area contributed by atoms with Crippen molar-refractivity contribution in [1.82, 2.24) is 14.8 Å². The molecule has 0 saturated carbocycles. The van der Waals surface area contributed by atoms with E-state index in [4.69, 9.17) is 4.74 Å². The van der Waals surface area contributed by atoms with Crippen molar-refractivity contribution >= 4 is 5.97 Å². The van der Waals surface area contributed by atoms with Crippen LogP contribution in [0, 0.1) is 13.8 Å². The van der Waals surface area contributed by atoms with E-state index in [9.17, 15) is 9.90 Å². The molecule has 1 rings (SSSR count). The number of carboxylic acids is 1. The predicted molar refractivity (Wildman–Crippen MR) is 52.7 cm³/mol. The van der Waals surface area contributed by atoms with E-state index in [2.05, 4.69) is 10.1 Å². The van der Waals surface area contributed by atoms with Gasteiger partial charge in [-0.2, -0.15) is 5.10 Å². The van der Waals surface area contributed by atoms with Gasteiger partial charge in [0, 0.05) is 7.11 Å². The Morgan fingerprint density at radius 3 is 2.53 bits per heavy atom. The summed E-state index contributed by atoms with van der Waals surface area (Å²) in [5.74, 6) is 0.128. The van der Waals surface area contributed by atoms with Gasteiger partial charge in [-0.3, -0.25) is 0 Å². The second kappa shape index (κ2) is 3.98. The molecule has 0 aromatic carbocycles. The van der Waals surface area contributed by atoms with Crippen molar-refractivity contribution in [3.8, 4) is 0 Å². The minimum Gasteiger partial charge on any atom is -0.479 e. The first-order valence-corrected chi connectivity index (χ1v) is 4.55. The summed E-state index contributed by atoms with van der Waals surface area (Å²) in [4.78, 5) is 15.3. The summed E-state index contributed by atoms with van der Waals surface area (Å²) in [7, 11) is 1.46. The Labute approximate surface area is 87.9 Å². The highest BCUT2D eigenvalue weighted by Gasteiger charge is 2.38. The van der Waals surface area contributed by atoms with E-state index >= 15 is 0 Å². The number of carboxylic acid groups (broad SMARTS) is 1. The summed E-state index contributed by atoms with van der Waals surface area (Å²) in [5, 5.41) is 13.2. The molecule has 1 heterocycles. The highest BCUT2D eigenvalue weighted by molar-refractivity contribution is 5.76. The van der Waals surface area contributed by atoms with E-state index < -0.39 is 11.5 Å². The number of carbonyl (C=O) groups is 1. The van der Waals surface area contributed by atoms with Crippen molar-refractivity contribution in [1.29, 1.82) is 0 Å². The molecule has 0 spiro atoms. The molecule has 6 nitrogen and oxygen atoms in total. The molecule has 0 saturated heterocycles. The molecule has 1 aromatic heterocycles. The van der Waals surface area contributed by atoms with Crippen LogP contribution in [0.25, 0.3) is 0 Å². The average molecular weight is 213 g/mol. The van der Waals surface area contributed by atoms with Crippen molar-refractivity contribution in [3.05, 3.63) is 11.6 Å². The van der Waals surface area contributed by atoms with Crippen LogP contribution in [0.3, 0.4) is 0 Å². The molecule has 15 heavy (non-hydrogen) atoms. The van der Waals surface area contributed by atoms with Gasteiger partial charge in [0.15, 0.2) is 5.54 Å². The zero-order chi connectivity index (χ0) is 11.6. The molecule has 0 aliphatic carbocycles. The lowest BCUT2D eigenvalue weighted by atomic mass is 10.0. The van der Waals surface area contributed by atoms with Crippen LogP contribution in [0.1, 0.15) is 18.6 Å². The van der Waals surface area contributed by atoms with Crippen LogP contribution in [0.4, 0.5) is 0 Å². The maximum Gasteiger partial charge on any atom is 0.333 e. The monoisotopic (exact) mass is 213 g/mol. The Hall–Kier alpha value is -1.43. The maximum atomic E-state index is 11.2. The Balaban J connectivity index is 3.20. The number of nitrogens with zero attached hydrogens (tertiary/aromatic N) is 3. The number of rotatable bonds is 4. The fourth-order valence-corrected chi connectivity index (χ4v) is 1.48. The van der Waals surface area contributed by atoms with Gasteiger partial charge >= 0.3 is 5.97 Å². The second-order valence-corrected chi connectivity index (χ2v) is 3.63. The average Bonchev–Trinajstić information content (AvgIpc) is 2.45. The second-order valence-electron chi connectivity index (χ2n) is 3.63. The zero-order valence-electron chi connectivity index (χ0n) is 9.31. The molecule has 0 bridgehead atoms. The van der Waals surface area contributed by atoms with Crippen molar-refractivity contribution in [2.75, 3.05) is 13.7 Å². The fourth-order valence-electron chi connectivity index (χ4n) is 1.48. The van der Waals surface area contributed by atoms with Gasteiger partial charge < -0.3 is 9.84 Å². The van der Waals surface area contributed by atoms with Crippen LogP contribution in [-0.4, -0.2) is 39.6 Å². The third-order valence-corrected chi connectivity index (χ3v) is 2.23. The summed E-state index contributed by atoms with van der Waals surface area (Å²) in [6, 6.07) is 0. The van der Waals surface area contributed by atoms with Crippen molar-refractivity contribution in [3.63, 3.8) is 0 Å². The number of aliphatic carboxylic acids is 1. The van der Waals surface area contributed by atoms with Gasteiger partial charge in [0.2, 0.25) is 0 Å². The number of methoxy groups -OCH3 is 1. The SMILES string of the molecule is COCC(C)(C(=O)O)n1nc(C)nc1C.